The van der Waals surface area contributed by atoms with Gasteiger partial charge in [0.1, 0.15) is 5.75 Å². The first-order valence-electron chi connectivity index (χ1n) is 7.74. The van der Waals surface area contributed by atoms with Crippen LogP contribution in [-0.2, 0) is 7.05 Å². The molecular formula is C19H20N2O3. The van der Waals surface area contributed by atoms with Gasteiger partial charge in [-0.15, -0.1) is 0 Å². The molecule has 1 heterocycles. The standard InChI is InChI=1S/C19H20N2O3/c1-21-10-9-14-11-15(5-8-17(14)21)18(22)12-20-19(23)13-3-6-16(24-2)7-4-13/h3-11,18,22H,12H2,1-2H3,(H,20,23)/t18-/m1/s1. The van der Waals surface area contributed by atoms with E-state index in [9.17, 15) is 9.90 Å². The molecule has 0 saturated heterocycles. The molecule has 1 amide bonds. The maximum atomic E-state index is 12.1. The minimum absolute atomic E-state index is 0.156. The van der Waals surface area contributed by atoms with Crippen LogP contribution in [-0.4, -0.2) is 29.2 Å². The largest absolute Gasteiger partial charge is 0.497 e. The summed E-state index contributed by atoms with van der Waals surface area (Å²) in [6.07, 6.45) is 1.23. The molecule has 0 spiro atoms. The molecule has 24 heavy (non-hydrogen) atoms. The number of methoxy groups -OCH3 is 1. The third-order valence-corrected chi connectivity index (χ3v) is 4.10. The Kier molecular flexibility index (Phi) is 4.53. The third kappa shape index (κ3) is 3.26. The Labute approximate surface area is 140 Å². The fourth-order valence-electron chi connectivity index (χ4n) is 2.66. The lowest BCUT2D eigenvalue weighted by Gasteiger charge is -2.13. The summed E-state index contributed by atoms with van der Waals surface area (Å²) >= 11 is 0. The van der Waals surface area contributed by atoms with Crippen LogP contribution in [0.3, 0.4) is 0 Å². The number of fused-ring (bicyclic) bond motifs is 1. The number of benzene rings is 2. The van der Waals surface area contributed by atoms with Crippen molar-refractivity contribution in [3.05, 3.63) is 65.9 Å². The maximum absolute atomic E-state index is 12.1. The van der Waals surface area contributed by atoms with Crippen molar-refractivity contribution in [2.24, 2.45) is 7.05 Å². The number of aromatic nitrogens is 1. The van der Waals surface area contributed by atoms with Gasteiger partial charge in [-0.05, 0) is 53.4 Å². The summed E-state index contributed by atoms with van der Waals surface area (Å²) in [6, 6.07) is 14.6. The summed E-state index contributed by atoms with van der Waals surface area (Å²) < 4.78 is 7.09. The van der Waals surface area contributed by atoms with Crippen molar-refractivity contribution in [1.29, 1.82) is 0 Å². The molecule has 0 bridgehead atoms. The normalized spacial score (nSPS) is 12.1. The lowest BCUT2D eigenvalue weighted by molar-refractivity contribution is 0.0916. The first-order valence-corrected chi connectivity index (χ1v) is 7.74. The zero-order valence-electron chi connectivity index (χ0n) is 13.7. The Bertz CT molecular complexity index is 853. The third-order valence-electron chi connectivity index (χ3n) is 4.10. The monoisotopic (exact) mass is 324 g/mol. The van der Waals surface area contributed by atoms with Crippen LogP contribution in [0.15, 0.2) is 54.7 Å². The van der Waals surface area contributed by atoms with Crippen LogP contribution in [0.25, 0.3) is 10.9 Å². The number of nitrogens with zero attached hydrogens (tertiary/aromatic N) is 1. The van der Waals surface area contributed by atoms with Crippen molar-refractivity contribution in [3.8, 4) is 5.75 Å². The van der Waals surface area contributed by atoms with Crippen LogP contribution >= 0.6 is 0 Å². The van der Waals surface area contributed by atoms with Gasteiger partial charge in [-0.1, -0.05) is 6.07 Å². The summed E-state index contributed by atoms with van der Waals surface area (Å²) in [6.45, 7) is 0.156. The second kappa shape index (κ2) is 6.76. The minimum atomic E-state index is -0.753. The van der Waals surface area contributed by atoms with Crippen molar-refractivity contribution in [1.82, 2.24) is 9.88 Å². The predicted octanol–water partition coefficient (Wildman–Crippen LogP) is 2.65. The summed E-state index contributed by atoms with van der Waals surface area (Å²) in [5.74, 6) is 0.472. The van der Waals surface area contributed by atoms with Gasteiger partial charge < -0.3 is 19.7 Å². The van der Waals surface area contributed by atoms with E-state index < -0.39 is 6.10 Å². The Morgan fingerprint density at radius 1 is 1.21 bits per heavy atom. The van der Waals surface area contributed by atoms with E-state index in [0.717, 1.165) is 16.5 Å². The quantitative estimate of drug-likeness (QED) is 0.758. The topological polar surface area (TPSA) is 63.5 Å². The zero-order chi connectivity index (χ0) is 17.1. The molecule has 5 heteroatoms. The molecule has 1 aromatic heterocycles. The maximum Gasteiger partial charge on any atom is 0.251 e. The highest BCUT2D eigenvalue weighted by Gasteiger charge is 2.12. The number of nitrogens with one attached hydrogen (secondary N) is 1. The number of amides is 1. The number of rotatable bonds is 5. The van der Waals surface area contributed by atoms with Crippen molar-refractivity contribution < 1.29 is 14.6 Å². The first-order chi connectivity index (χ1) is 11.6. The summed E-state index contributed by atoms with van der Waals surface area (Å²) in [5.41, 5.74) is 2.42. The molecule has 0 unspecified atom stereocenters. The van der Waals surface area contributed by atoms with Gasteiger partial charge in [0.25, 0.3) is 5.91 Å². The van der Waals surface area contributed by atoms with Gasteiger partial charge in [0.2, 0.25) is 0 Å². The SMILES string of the molecule is COc1ccc(C(=O)NC[C@@H](O)c2ccc3c(ccn3C)c2)cc1. The molecule has 0 radical (unpaired) electrons. The van der Waals surface area contributed by atoms with Crippen LogP contribution in [0.2, 0.25) is 0 Å². The van der Waals surface area contributed by atoms with E-state index in [2.05, 4.69) is 5.32 Å². The molecule has 2 N–H and O–H groups in total. The Morgan fingerprint density at radius 2 is 1.96 bits per heavy atom. The molecule has 0 aliphatic heterocycles. The van der Waals surface area contributed by atoms with E-state index in [1.165, 1.54) is 0 Å². The Balaban J connectivity index is 1.64. The second-order valence-electron chi connectivity index (χ2n) is 5.70. The van der Waals surface area contributed by atoms with Gasteiger partial charge in [0.05, 0.1) is 13.2 Å². The van der Waals surface area contributed by atoms with Gasteiger partial charge in [-0.3, -0.25) is 4.79 Å². The molecule has 3 rings (SSSR count). The average Bonchev–Trinajstić information content (AvgIpc) is 3.00. The van der Waals surface area contributed by atoms with Gasteiger partial charge in [-0.25, -0.2) is 0 Å². The highest BCUT2D eigenvalue weighted by Crippen LogP contribution is 2.21. The van der Waals surface area contributed by atoms with Gasteiger partial charge in [0, 0.05) is 30.9 Å². The molecular weight excluding hydrogens is 304 g/mol. The average molecular weight is 324 g/mol. The molecule has 0 fully saturated rings. The highest BCUT2D eigenvalue weighted by molar-refractivity contribution is 5.94. The van der Waals surface area contributed by atoms with E-state index in [4.69, 9.17) is 4.74 Å². The van der Waals surface area contributed by atoms with Crippen molar-refractivity contribution in [2.75, 3.05) is 13.7 Å². The number of hydrogen-bond donors (Lipinski definition) is 2. The zero-order valence-corrected chi connectivity index (χ0v) is 13.7. The van der Waals surface area contributed by atoms with Gasteiger partial charge >= 0.3 is 0 Å². The van der Waals surface area contributed by atoms with Crippen LogP contribution in [0.5, 0.6) is 5.75 Å². The van der Waals surface area contributed by atoms with Crippen LogP contribution in [0, 0.1) is 0 Å². The number of carbonyl (C=O) groups is 1. The minimum Gasteiger partial charge on any atom is -0.497 e. The molecule has 0 aliphatic rings. The van der Waals surface area contributed by atoms with E-state index in [1.54, 1.807) is 31.4 Å². The van der Waals surface area contributed by atoms with E-state index in [-0.39, 0.29) is 12.5 Å². The number of aliphatic hydroxyl groups excluding tert-OH is 1. The van der Waals surface area contributed by atoms with Gasteiger partial charge in [-0.2, -0.15) is 0 Å². The Morgan fingerprint density at radius 3 is 2.67 bits per heavy atom. The van der Waals surface area contributed by atoms with Crippen LogP contribution in [0.4, 0.5) is 0 Å². The number of aryl methyl sites for hydroxylation is 1. The molecule has 124 valence electrons. The number of hydrogen-bond acceptors (Lipinski definition) is 3. The first kappa shape index (κ1) is 16.1. The molecule has 3 aromatic rings. The van der Waals surface area contributed by atoms with E-state index in [0.29, 0.717) is 11.3 Å². The molecule has 2 aromatic carbocycles. The predicted molar refractivity (Wildman–Crippen MR) is 93.2 cm³/mol. The second-order valence-corrected chi connectivity index (χ2v) is 5.70. The highest BCUT2D eigenvalue weighted by atomic mass is 16.5. The Hall–Kier alpha value is -2.79. The summed E-state index contributed by atoms with van der Waals surface area (Å²) in [4.78, 5) is 12.1. The molecule has 0 saturated carbocycles. The lowest BCUT2D eigenvalue weighted by atomic mass is 10.1. The van der Waals surface area contributed by atoms with E-state index >= 15 is 0 Å². The fourth-order valence-corrected chi connectivity index (χ4v) is 2.66. The van der Waals surface area contributed by atoms with Gasteiger partial charge in [0.15, 0.2) is 0 Å². The fraction of sp³-hybridized carbons (Fsp3) is 0.211. The molecule has 0 aliphatic carbocycles. The van der Waals surface area contributed by atoms with Crippen molar-refractivity contribution >= 4 is 16.8 Å². The van der Waals surface area contributed by atoms with Crippen LogP contribution in [0.1, 0.15) is 22.0 Å². The number of ether oxygens (including phenoxy) is 1. The van der Waals surface area contributed by atoms with Crippen molar-refractivity contribution in [2.45, 2.75) is 6.10 Å². The van der Waals surface area contributed by atoms with Crippen LogP contribution < -0.4 is 10.1 Å². The van der Waals surface area contributed by atoms with Crippen molar-refractivity contribution in [3.63, 3.8) is 0 Å². The smallest absolute Gasteiger partial charge is 0.251 e. The number of aliphatic hydroxyl groups is 1. The summed E-state index contributed by atoms with van der Waals surface area (Å²) in [5, 5.41) is 14.1. The molecule has 1 atom stereocenters. The van der Waals surface area contributed by atoms with E-state index in [1.807, 2.05) is 42.1 Å². The summed E-state index contributed by atoms with van der Waals surface area (Å²) in [7, 11) is 3.56. The molecule has 5 nitrogen and oxygen atoms in total. The number of carbonyl (C=O) groups excluding carboxylic acids is 1. The lowest BCUT2D eigenvalue weighted by Crippen LogP contribution is -2.28.